The number of anilines is 1. The number of benzene rings is 1. The van der Waals surface area contributed by atoms with E-state index in [4.69, 9.17) is 21.5 Å². The summed E-state index contributed by atoms with van der Waals surface area (Å²) in [4.78, 5) is 20.7. The van der Waals surface area contributed by atoms with Gasteiger partial charge in [-0.25, -0.2) is 14.8 Å². The quantitative estimate of drug-likeness (QED) is 0.581. The van der Waals surface area contributed by atoms with Crippen LogP contribution in [0.2, 0.25) is 0 Å². The molecule has 1 aliphatic heterocycles. The average molecular weight is 413 g/mol. The van der Waals surface area contributed by atoms with Crippen molar-refractivity contribution in [2.24, 2.45) is 17.5 Å². The summed E-state index contributed by atoms with van der Waals surface area (Å²) < 4.78 is 2.08. The summed E-state index contributed by atoms with van der Waals surface area (Å²) in [7, 11) is 2.03. The van der Waals surface area contributed by atoms with Gasteiger partial charge in [-0.3, -0.25) is 4.99 Å². The lowest BCUT2D eigenvalue weighted by atomic mass is 10.0. The lowest BCUT2D eigenvalue weighted by Crippen LogP contribution is -2.23. The van der Waals surface area contributed by atoms with E-state index in [9.17, 15) is 0 Å². The van der Waals surface area contributed by atoms with Crippen molar-refractivity contribution in [3.8, 4) is 0 Å². The maximum Gasteiger partial charge on any atom is 0.190 e. The first-order valence-corrected chi connectivity index (χ1v) is 11.0. The van der Waals surface area contributed by atoms with E-state index >= 15 is 0 Å². The molecular formula is C25H28N6. The third-order valence-corrected chi connectivity index (χ3v) is 7.18. The summed E-state index contributed by atoms with van der Waals surface area (Å²) in [6.45, 7) is 15.7. The van der Waals surface area contributed by atoms with Gasteiger partial charge in [0.1, 0.15) is 11.6 Å². The highest BCUT2D eigenvalue weighted by atomic mass is 15.2. The highest BCUT2D eigenvalue weighted by molar-refractivity contribution is 5.80. The maximum atomic E-state index is 7.41. The van der Waals surface area contributed by atoms with Gasteiger partial charge in [0.15, 0.2) is 11.2 Å². The van der Waals surface area contributed by atoms with Gasteiger partial charge in [0.25, 0.3) is 0 Å². The zero-order chi connectivity index (χ0) is 21.8. The van der Waals surface area contributed by atoms with E-state index in [-0.39, 0.29) is 6.04 Å². The Morgan fingerprint density at radius 3 is 2.74 bits per heavy atom. The molecule has 158 valence electrons. The van der Waals surface area contributed by atoms with E-state index in [0.29, 0.717) is 11.1 Å². The van der Waals surface area contributed by atoms with Gasteiger partial charge >= 0.3 is 0 Å². The van der Waals surface area contributed by atoms with Gasteiger partial charge < -0.3 is 9.47 Å². The van der Waals surface area contributed by atoms with Crippen LogP contribution in [0.1, 0.15) is 49.2 Å². The van der Waals surface area contributed by atoms with Crippen LogP contribution in [0.5, 0.6) is 0 Å². The molecule has 3 heterocycles. The first-order chi connectivity index (χ1) is 14.9. The van der Waals surface area contributed by atoms with Crippen molar-refractivity contribution in [2.45, 2.75) is 46.1 Å². The summed E-state index contributed by atoms with van der Waals surface area (Å²) >= 11 is 0. The minimum absolute atomic E-state index is 0.0948. The van der Waals surface area contributed by atoms with Gasteiger partial charge in [0.2, 0.25) is 0 Å². The fourth-order valence-corrected chi connectivity index (χ4v) is 4.80. The van der Waals surface area contributed by atoms with Gasteiger partial charge in [-0.05, 0) is 62.6 Å². The Hall–Kier alpha value is -3.20. The van der Waals surface area contributed by atoms with Crippen LogP contribution in [-0.4, -0.2) is 27.6 Å². The Balaban J connectivity index is 1.62. The van der Waals surface area contributed by atoms with E-state index in [2.05, 4.69) is 33.4 Å². The van der Waals surface area contributed by atoms with Crippen molar-refractivity contribution in [1.82, 2.24) is 14.5 Å². The summed E-state index contributed by atoms with van der Waals surface area (Å²) in [5, 5.41) is 1.03. The second kappa shape index (κ2) is 7.19. The van der Waals surface area contributed by atoms with Crippen molar-refractivity contribution in [3.05, 3.63) is 64.3 Å². The molecular weight excluding hydrogens is 384 g/mol. The smallest absolute Gasteiger partial charge is 0.190 e. The predicted molar refractivity (Wildman–Crippen MR) is 123 cm³/mol. The maximum absolute atomic E-state index is 7.41. The second-order valence-electron chi connectivity index (χ2n) is 9.18. The monoisotopic (exact) mass is 412 g/mol. The van der Waals surface area contributed by atoms with E-state index in [1.54, 1.807) is 0 Å². The van der Waals surface area contributed by atoms with E-state index in [0.717, 1.165) is 52.2 Å². The topological polar surface area (TPSA) is 50.7 Å². The zero-order valence-electron chi connectivity index (χ0n) is 18.7. The van der Waals surface area contributed by atoms with Crippen molar-refractivity contribution in [3.63, 3.8) is 0 Å². The molecule has 1 aromatic carbocycles. The minimum Gasteiger partial charge on any atom is -0.356 e. The van der Waals surface area contributed by atoms with Crippen LogP contribution in [0.15, 0.2) is 35.5 Å². The number of hydrogen-bond donors (Lipinski definition) is 0. The Bertz CT molecular complexity index is 1290. The van der Waals surface area contributed by atoms with Crippen molar-refractivity contribution < 1.29 is 0 Å². The predicted octanol–water partition coefficient (Wildman–Crippen LogP) is 4.79. The van der Waals surface area contributed by atoms with Gasteiger partial charge in [0, 0.05) is 25.5 Å². The lowest BCUT2D eigenvalue weighted by molar-refractivity contribution is 0.580. The Kier molecular flexibility index (Phi) is 4.58. The normalized spacial score (nSPS) is 18.5. The van der Waals surface area contributed by atoms with Crippen LogP contribution >= 0.6 is 0 Å². The standard InChI is InChI=1S/C25H28N6/c1-16-19(7-6-8-21(16)26-4)17(2)28-24-20-13-23(31-12-11-25(15-31)9-10-25)27-14-22(20)30(5)18(3)29-24/h6-8,13-14,17H,9-12,15H2,1-3,5H3/t17-/m1/s1. The molecule has 1 spiro atoms. The van der Waals surface area contributed by atoms with Crippen LogP contribution < -0.4 is 10.4 Å². The number of nitrogens with zero attached hydrogens (tertiary/aromatic N) is 6. The fraction of sp³-hybridized carbons (Fsp3) is 0.440. The Morgan fingerprint density at radius 2 is 2.03 bits per heavy atom. The van der Waals surface area contributed by atoms with Crippen LogP contribution in [-0.2, 0) is 7.05 Å². The average Bonchev–Trinajstić information content (AvgIpc) is 3.40. The first kappa shape index (κ1) is 19.7. The molecule has 6 nitrogen and oxygen atoms in total. The molecule has 31 heavy (non-hydrogen) atoms. The third-order valence-electron chi connectivity index (χ3n) is 7.18. The van der Waals surface area contributed by atoms with Gasteiger partial charge in [-0.1, -0.05) is 18.2 Å². The van der Waals surface area contributed by atoms with Crippen molar-refractivity contribution >= 4 is 22.4 Å². The van der Waals surface area contributed by atoms with Gasteiger partial charge in [-0.15, -0.1) is 0 Å². The molecule has 0 amide bonds. The molecule has 0 bridgehead atoms. The number of aryl methyl sites for hydroxylation is 2. The fourth-order valence-electron chi connectivity index (χ4n) is 4.80. The third kappa shape index (κ3) is 3.38. The van der Waals surface area contributed by atoms with Crippen LogP contribution in [0.3, 0.4) is 0 Å². The molecule has 1 aliphatic carbocycles. The van der Waals surface area contributed by atoms with E-state index in [1.165, 1.54) is 19.3 Å². The first-order valence-electron chi connectivity index (χ1n) is 11.0. The molecule has 6 heteroatoms. The van der Waals surface area contributed by atoms with Gasteiger partial charge in [0.05, 0.1) is 24.3 Å². The molecule has 1 atom stereocenters. The molecule has 2 fully saturated rings. The largest absolute Gasteiger partial charge is 0.356 e. The highest BCUT2D eigenvalue weighted by Crippen LogP contribution is 2.53. The number of fused-ring (bicyclic) bond motifs is 1. The molecule has 2 aromatic heterocycles. The van der Waals surface area contributed by atoms with Crippen LogP contribution in [0.4, 0.5) is 11.5 Å². The highest BCUT2D eigenvalue weighted by Gasteiger charge is 2.47. The van der Waals surface area contributed by atoms with Gasteiger partial charge in [-0.2, -0.15) is 0 Å². The SMILES string of the molecule is [C-]#[N+]c1cccc([C@@H](C)N=c2nc(C)n(C)c3cnc(N4CCC5(CC5)C4)cc23)c1C. The molecule has 0 N–H and O–H groups in total. The summed E-state index contributed by atoms with van der Waals surface area (Å²) in [6, 6.07) is 7.92. The number of aromatic nitrogens is 3. The van der Waals surface area contributed by atoms with Crippen LogP contribution in [0, 0.1) is 25.8 Å². The molecule has 1 saturated carbocycles. The number of rotatable bonds is 3. The van der Waals surface area contributed by atoms with Crippen molar-refractivity contribution in [1.29, 1.82) is 0 Å². The van der Waals surface area contributed by atoms with E-state index in [1.807, 2.05) is 39.2 Å². The van der Waals surface area contributed by atoms with Crippen LogP contribution in [0.25, 0.3) is 15.7 Å². The number of pyridine rings is 1. The Morgan fingerprint density at radius 1 is 1.23 bits per heavy atom. The summed E-state index contributed by atoms with van der Waals surface area (Å²) in [5.74, 6) is 1.93. The summed E-state index contributed by atoms with van der Waals surface area (Å²) in [6.07, 6.45) is 5.95. The molecule has 5 rings (SSSR count). The summed E-state index contributed by atoms with van der Waals surface area (Å²) in [5.41, 5.74) is 5.08. The van der Waals surface area contributed by atoms with Crippen molar-refractivity contribution in [2.75, 3.05) is 18.0 Å². The second-order valence-corrected chi connectivity index (χ2v) is 9.18. The lowest BCUT2D eigenvalue weighted by Gasteiger charge is -2.19. The Labute approximate surface area is 183 Å². The molecule has 0 radical (unpaired) electrons. The number of hydrogen-bond acceptors (Lipinski definition) is 4. The molecule has 1 saturated heterocycles. The zero-order valence-corrected chi connectivity index (χ0v) is 18.7. The molecule has 3 aromatic rings. The van der Waals surface area contributed by atoms with E-state index < -0.39 is 0 Å². The molecule has 0 unspecified atom stereocenters. The minimum atomic E-state index is -0.0948. The molecule has 2 aliphatic rings.